The van der Waals surface area contributed by atoms with E-state index < -0.39 is 24.5 Å². The highest BCUT2D eigenvalue weighted by Crippen LogP contribution is 2.32. The molecule has 2 aromatic heterocycles. The van der Waals surface area contributed by atoms with Crippen LogP contribution in [0.25, 0.3) is 11.2 Å². The van der Waals surface area contributed by atoms with Crippen LogP contribution in [-0.4, -0.2) is 48.0 Å². The molecule has 4 unspecified atom stereocenters. The van der Waals surface area contributed by atoms with Crippen LogP contribution in [0.5, 0.6) is 0 Å². The van der Waals surface area contributed by atoms with Crippen molar-refractivity contribution in [2.45, 2.75) is 37.9 Å². The minimum absolute atomic E-state index is 0.145. The lowest BCUT2D eigenvalue weighted by Gasteiger charge is -2.16. The van der Waals surface area contributed by atoms with Gasteiger partial charge >= 0.3 is 0 Å². The van der Waals surface area contributed by atoms with Crippen molar-refractivity contribution < 1.29 is 14.9 Å². The molecule has 0 aromatic carbocycles. The van der Waals surface area contributed by atoms with Crippen LogP contribution in [0.4, 0.5) is 0 Å². The van der Waals surface area contributed by atoms with Crippen molar-refractivity contribution in [2.75, 3.05) is 0 Å². The molecule has 1 fully saturated rings. The predicted octanol–water partition coefficient (Wildman–Crippen LogP) is -0.929. The third-order valence-corrected chi connectivity index (χ3v) is 3.48. The lowest BCUT2D eigenvalue weighted by molar-refractivity contribution is -0.0332. The number of aliphatic hydroxyl groups is 2. The number of aromatic amines is 1. The summed E-state index contributed by atoms with van der Waals surface area (Å²) in [7, 11) is 0. The molecule has 21 heavy (non-hydrogen) atoms. The molecule has 1 saturated heterocycles. The third kappa shape index (κ3) is 2.12. The summed E-state index contributed by atoms with van der Waals surface area (Å²) in [5.74, 6) is 2.81. The van der Waals surface area contributed by atoms with Crippen molar-refractivity contribution in [3.8, 4) is 12.3 Å². The molecule has 3 N–H and O–H groups in total. The van der Waals surface area contributed by atoms with Crippen molar-refractivity contribution >= 4 is 11.2 Å². The van der Waals surface area contributed by atoms with E-state index in [9.17, 15) is 15.0 Å². The molecule has 8 nitrogen and oxygen atoms in total. The van der Waals surface area contributed by atoms with Crippen LogP contribution in [0.15, 0.2) is 11.1 Å². The number of ether oxygens (including phenoxy) is 1. The van der Waals surface area contributed by atoms with E-state index in [1.165, 1.54) is 10.9 Å². The molecule has 0 saturated carbocycles. The highest BCUT2D eigenvalue weighted by molar-refractivity contribution is 5.69. The number of terminal acetylenes is 1. The number of aryl methyl sites for hydroxylation is 1. The molecular weight excluding hydrogens is 276 g/mol. The van der Waals surface area contributed by atoms with E-state index in [1.54, 1.807) is 6.92 Å². The Hall–Kier alpha value is -2.21. The molecular formula is C13H14N4O4. The number of hydrogen-bond donors (Lipinski definition) is 3. The van der Waals surface area contributed by atoms with Gasteiger partial charge in [0.15, 0.2) is 17.4 Å². The van der Waals surface area contributed by atoms with Crippen LogP contribution < -0.4 is 5.56 Å². The maximum atomic E-state index is 11.8. The van der Waals surface area contributed by atoms with Crippen LogP contribution >= 0.6 is 0 Å². The van der Waals surface area contributed by atoms with E-state index in [0.717, 1.165) is 0 Å². The molecule has 1 aliphatic heterocycles. The molecule has 8 heteroatoms. The molecule has 110 valence electrons. The topological polar surface area (TPSA) is 113 Å². The van der Waals surface area contributed by atoms with Gasteiger partial charge < -0.3 is 19.9 Å². The summed E-state index contributed by atoms with van der Waals surface area (Å²) in [5, 5.41) is 20.1. The van der Waals surface area contributed by atoms with E-state index in [2.05, 4.69) is 20.9 Å². The summed E-state index contributed by atoms with van der Waals surface area (Å²) >= 11 is 0. The van der Waals surface area contributed by atoms with E-state index in [0.29, 0.717) is 5.82 Å². The van der Waals surface area contributed by atoms with Gasteiger partial charge in [-0.3, -0.25) is 9.36 Å². The highest BCUT2D eigenvalue weighted by Gasteiger charge is 2.43. The molecule has 0 bridgehead atoms. The largest absolute Gasteiger partial charge is 0.387 e. The second-order valence-corrected chi connectivity index (χ2v) is 4.93. The highest BCUT2D eigenvalue weighted by atomic mass is 16.6. The fraction of sp³-hybridized carbons (Fsp3) is 0.462. The van der Waals surface area contributed by atoms with Gasteiger partial charge in [-0.05, 0) is 6.92 Å². The fourth-order valence-corrected chi connectivity index (χ4v) is 2.47. The van der Waals surface area contributed by atoms with Gasteiger partial charge in [0.1, 0.15) is 18.0 Å². The van der Waals surface area contributed by atoms with Gasteiger partial charge in [-0.1, -0.05) is 0 Å². The van der Waals surface area contributed by atoms with E-state index >= 15 is 0 Å². The number of nitrogens with one attached hydrogen (secondary N) is 1. The smallest absolute Gasteiger partial charge is 0.279 e. The van der Waals surface area contributed by atoms with E-state index in [1.807, 2.05) is 0 Å². The Balaban J connectivity index is 2.06. The second kappa shape index (κ2) is 4.96. The Bertz CT molecular complexity index is 775. The standard InChI is InChI=1S/C13H14N4O4/c1-3-4-7-9(18)10(19)13(21-7)17-5-14-8-11(17)15-6(2)16-12(8)20/h1,5,7,9-10,13,18-19H,4H2,2H3,(H,15,16,20). The number of H-pyrrole nitrogens is 1. The van der Waals surface area contributed by atoms with Gasteiger partial charge in [-0.15, -0.1) is 12.3 Å². The Kier molecular flexibility index (Phi) is 3.25. The summed E-state index contributed by atoms with van der Waals surface area (Å²) in [6.07, 6.45) is 2.89. The average Bonchev–Trinajstić information content (AvgIpc) is 2.96. The first-order valence-corrected chi connectivity index (χ1v) is 6.41. The first-order chi connectivity index (χ1) is 10.0. The number of nitrogens with zero attached hydrogens (tertiary/aromatic N) is 3. The van der Waals surface area contributed by atoms with Crippen molar-refractivity contribution in [3.63, 3.8) is 0 Å². The first-order valence-electron chi connectivity index (χ1n) is 6.41. The molecule has 3 rings (SSSR count). The summed E-state index contributed by atoms with van der Waals surface area (Å²) in [6, 6.07) is 0. The fourth-order valence-electron chi connectivity index (χ4n) is 2.47. The number of fused-ring (bicyclic) bond motifs is 1. The lowest BCUT2D eigenvalue weighted by Crippen LogP contribution is -2.31. The van der Waals surface area contributed by atoms with E-state index in [4.69, 9.17) is 11.2 Å². The summed E-state index contributed by atoms with van der Waals surface area (Å²) in [5.41, 5.74) is 0.0598. The second-order valence-electron chi connectivity index (χ2n) is 4.93. The minimum atomic E-state index is -1.18. The van der Waals surface area contributed by atoms with Crippen LogP contribution in [0.3, 0.4) is 0 Å². The van der Waals surface area contributed by atoms with Crippen molar-refractivity contribution in [3.05, 3.63) is 22.5 Å². The van der Waals surface area contributed by atoms with Crippen LogP contribution in [0.2, 0.25) is 0 Å². The molecule has 2 aromatic rings. The van der Waals surface area contributed by atoms with E-state index in [-0.39, 0.29) is 23.1 Å². The maximum absolute atomic E-state index is 11.8. The van der Waals surface area contributed by atoms with Gasteiger partial charge in [-0.25, -0.2) is 9.97 Å². The minimum Gasteiger partial charge on any atom is -0.387 e. The molecule has 3 heterocycles. The monoisotopic (exact) mass is 290 g/mol. The Morgan fingerprint density at radius 2 is 2.29 bits per heavy atom. The number of aliphatic hydroxyl groups excluding tert-OH is 2. The summed E-state index contributed by atoms with van der Waals surface area (Å²) in [6.45, 7) is 1.64. The molecule has 0 aliphatic carbocycles. The number of imidazole rings is 1. The number of aromatic nitrogens is 4. The number of rotatable bonds is 2. The Labute approximate surface area is 119 Å². The summed E-state index contributed by atoms with van der Waals surface area (Å²) < 4.78 is 7.02. The quantitative estimate of drug-likeness (QED) is 0.616. The van der Waals surface area contributed by atoms with Gasteiger partial charge in [0.25, 0.3) is 5.56 Å². The van der Waals surface area contributed by atoms with Gasteiger partial charge in [0.05, 0.1) is 12.4 Å². The Morgan fingerprint density at radius 3 is 3.00 bits per heavy atom. The van der Waals surface area contributed by atoms with Crippen molar-refractivity contribution in [1.29, 1.82) is 0 Å². The average molecular weight is 290 g/mol. The van der Waals surface area contributed by atoms with Crippen molar-refractivity contribution in [1.82, 2.24) is 19.5 Å². The maximum Gasteiger partial charge on any atom is 0.279 e. The van der Waals surface area contributed by atoms with Crippen molar-refractivity contribution in [2.24, 2.45) is 0 Å². The van der Waals surface area contributed by atoms with Gasteiger partial charge in [-0.2, -0.15) is 0 Å². The number of hydrogen-bond acceptors (Lipinski definition) is 6. The van der Waals surface area contributed by atoms with Gasteiger partial charge in [0, 0.05) is 6.42 Å². The Morgan fingerprint density at radius 1 is 1.52 bits per heavy atom. The molecule has 0 spiro atoms. The van der Waals surface area contributed by atoms with Gasteiger partial charge in [0.2, 0.25) is 0 Å². The third-order valence-electron chi connectivity index (χ3n) is 3.48. The SMILES string of the molecule is C#CCC1OC(n2cnc3c(=O)[nH]c(C)nc32)C(O)C1O. The lowest BCUT2D eigenvalue weighted by atomic mass is 10.1. The summed E-state index contributed by atoms with van der Waals surface area (Å²) in [4.78, 5) is 22.5. The first kappa shape index (κ1) is 13.8. The van der Waals surface area contributed by atoms with Crippen LogP contribution in [0.1, 0.15) is 18.5 Å². The zero-order valence-electron chi connectivity index (χ0n) is 11.2. The predicted molar refractivity (Wildman–Crippen MR) is 72.3 cm³/mol. The zero-order valence-corrected chi connectivity index (χ0v) is 11.2. The molecule has 4 atom stereocenters. The molecule has 0 radical (unpaired) electrons. The molecule has 0 amide bonds. The normalized spacial score (nSPS) is 28.9. The van der Waals surface area contributed by atoms with Crippen LogP contribution in [0, 0.1) is 19.3 Å². The zero-order chi connectivity index (χ0) is 15.1. The van der Waals surface area contributed by atoms with Crippen LogP contribution in [-0.2, 0) is 4.74 Å². The molecule has 1 aliphatic rings.